The van der Waals surface area contributed by atoms with Crippen LogP contribution in [0.5, 0.6) is 0 Å². The quantitative estimate of drug-likeness (QED) is 0.890. The van der Waals surface area contributed by atoms with E-state index in [1.54, 1.807) is 6.92 Å². The van der Waals surface area contributed by atoms with Crippen LogP contribution in [0.4, 0.5) is 13.8 Å². The molecule has 4 N–H and O–H groups in total. The predicted molar refractivity (Wildman–Crippen MR) is 81.2 cm³/mol. The number of anilines is 1. The van der Waals surface area contributed by atoms with Crippen molar-refractivity contribution < 1.29 is 8.78 Å². The van der Waals surface area contributed by atoms with E-state index in [1.807, 2.05) is 6.92 Å². The van der Waals surface area contributed by atoms with E-state index in [0.717, 1.165) is 15.8 Å². The summed E-state index contributed by atoms with van der Waals surface area (Å²) in [6, 6.07) is 0. The largest absolute Gasteiger partial charge is 0.402 e. The van der Waals surface area contributed by atoms with Crippen LogP contribution in [0.3, 0.4) is 0 Å². The molecule has 0 aromatic carbocycles. The molecule has 2 aromatic rings. The van der Waals surface area contributed by atoms with Crippen molar-refractivity contribution in [1.82, 2.24) is 9.97 Å². The molecule has 0 atom stereocenters. The molecule has 0 radical (unpaired) electrons. The number of allylic oxidation sites excluding steroid dienone is 2. The van der Waals surface area contributed by atoms with Gasteiger partial charge in [-0.1, -0.05) is 0 Å². The van der Waals surface area contributed by atoms with Crippen molar-refractivity contribution in [3.63, 3.8) is 0 Å². The first-order valence-electron chi connectivity index (χ1n) is 6.64. The number of halogens is 2. The van der Waals surface area contributed by atoms with Crippen LogP contribution in [0.25, 0.3) is 15.8 Å². The minimum atomic E-state index is -2.57. The highest BCUT2D eigenvalue weighted by molar-refractivity contribution is 7.23. The normalized spacial score (nSPS) is 19.4. The van der Waals surface area contributed by atoms with Crippen LogP contribution < -0.4 is 11.5 Å². The molecular formula is C14H16F2N4S. The number of nitrogen functional groups attached to an aromatic ring is 1. The molecule has 0 aliphatic heterocycles. The van der Waals surface area contributed by atoms with Crippen molar-refractivity contribution in [2.75, 3.05) is 5.73 Å². The number of thiophene rings is 1. The number of aromatic nitrogens is 2. The summed E-state index contributed by atoms with van der Waals surface area (Å²) in [5, 5.41) is 0.597. The zero-order chi connectivity index (χ0) is 15.4. The molecule has 2 aromatic heterocycles. The smallest absolute Gasteiger partial charge is 0.249 e. The SMILES string of the molecule is C/C(N)=C(\C)c1c(N)sc2c(C3CC(F)(F)C3)ncnc12. The molecule has 1 aliphatic carbocycles. The fraction of sp³-hybridized carbons (Fsp3) is 0.429. The van der Waals surface area contributed by atoms with Crippen LogP contribution in [0.2, 0.25) is 0 Å². The first kappa shape index (κ1) is 14.2. The second-order valence-corrected chi connectivity index (χ2v) is 6.60. The van der Waals surface area contributed by atoms with Crippen molar-refractivity contribution in [3.8, 4) is 0 Å². The Bertz CT molecular complexity index is 739. The van der Waals surface area contributed by atoms with Crippen LogP contribution in [-0.4, -0.2) is 15.9 Å². The Kier molecular flexibility index (Phi) is 3.12. The summed E-state index contributed by atoms with van der Waals surface area (Å²) >= 11 is 1.35. The molecule has 21 heavy (non-hydrogen) atoms. The van der Waals surface area contributed by atoms with E-state index in [4.69, 9.17) is 11.5 Å². The van der Waals surface area contributed by atoms with Gasteiger partial charge >= 0.3 is 0 Å². The van der Waals surface area contributed by atoms with Gasteiger partial charge in [0.05, 0.1) is 20.9 Å². The maximum absolute atomic E-state index is 13.1. The Labute approximate surface area is 124 Å². The highest BCUT2D eigenvalue weighted by atomic mass is 32.1. The van der Waals surface area contributed by atoms with Crippen molar-refractivity contribution in [2.45, 2.75) is 38.5 Å². The number of nitrogens with two attached hydrogens (primary N) is 2. The number of rotatable bonds is 2. The molecule has 2 heterocycles. The lowest BCUT2D eigenvalue weighted by Gasteiger charge is -2.34. The number of fused-ring (bicyclic) bond motifs is 1. The van der Waals surface area contributed by atoms with E-state index >= 15 is 0 Å². The number of nitrogens with zero attached hydrogens (tertiary/aromatic N) is 2. The molecule has 0 saturated heterocycles. The summed E-state index contributed by atoms with van der Waals surface area (Å²) in [5.74, 6) is -2.79. The maximum Gasteiger partial charge on any atom is 0.249 e. The minimum absolute atomic E-state index is 0.156. The van der Waals surface area contributed by atoms with Gasteiger partial charge in [-0.3, -0.25) is 0 Å². The number of hydrogen-bond acceptors (Lipinski definition) is 5. The first-order chi connectivity index (χ1) is 9.80. The number of hydrogen-bond donors (Lipinski definition) is 2. The predicted octanol–water partition coefficient (Wildman–Crippen LogP) is 3.50. The Morgan fingerprint density at radius 3 is 2.57 bits per heavy atom. The van der Waals surface area contributed by atoms with Gasteiger partial charge < -0.3 is 11.5 Å². The van der Waals surface area contributed by atoms with Crippen molar-refractivity contribution in [3.05, 3.63) is 23.3 Å². The van der Waals surface area contributed by atoms with Gasteiger partial charge in [0.15, 0.2) is 0 Å². The Hall–Kier alpha value is -1.76. The average molecular weight is 310 g/mol. The zero-order valence-electron chi connectivity index (χ0n) is 11.8. The lowest BCUT2D eigenvalue weighted by atomic mass is 9.79. The third kappa shape index (κ3) is 2.25. The first-order valence-corrected chi connectivity index (χ1v) is 7.46. The van der Waals surface area contributed by atoms with Gasteiger partial charge in [-0.2, -0.15) is 0 Å². The molecule has 1 aliphatic rings. The lowest BCUT2D eigenvalue weighted by molar-refractivity contribution is -0.0872. The Morgan fingerprint density at radius 2 is 2.00 bits per heavy atom. The van der Waals surface area contributed by atoms with E-state index in [0.29, 0.717) is 21.9 Å². The molecule has 0 bridgehead atoms. The summed E-state index contributed by atoms with van der Waals surface area (Å²) in [7, 11) is 0. The van der Waals surface area contributed by atoms with E-state index < -0.39 is 5.92 Å². The molecule has 0 spiro atoms. The molecular weight excluding hydrogens is 294 g/mol. The molecule has 7 heteroatoms. The number of alkyl halides is 2. The van der Waals surface area contributed by atoms with Crippen LogP contribution in [0.1, 0.15) is 43.9 Å². The molecule has 4 nitrogen and oxygen atoms in total. The molecule has 3 rings (SSSR count). The molecule has 0 unspecified atom stereocenters. The van der Waals surface area contributed by atoms with Crippen LogP contribution >= 0.6 is 11.3 Å². The summed E-state index contributed by atoms with van der Waals surface area (Å²) < 4.78 is 27.0. The highest BCUT2D eigenvalue weighted by Gasteiger charge is 2.47. The topological polar surface area (TPSA) is 77.8 Å². The second-order valence-electron chi connectivity index (χ2n) is 5.55. The Morgan fingerprint density at radius 1 is 1.33 bits per heavy atom. The summed E-state index contributed by atoms with van der Waals surface area (Å²) in [4.78, 5) is 8.50. The molecule has 112 valence electrons. The van der Waals surface area contributed by atoms with Gasteiger partial charge in [0, 0.05) is 30.0 Å². The van der Waals surface area contributed by atoms with Gasteiger partial charge in [0.1, 0.15) is 6.33 Å². The third-order valence-corrected chi connectivity index (χ3v) is 5.00. The van der Waals surface area contributed by atoms with Crippen LogP contribution in [0, 0.1) is 0 Å². The van der Waals surface area contributed by atoms with E-state index in [2.05, 4.69) is 9.97 Å². The average Bonchev–Trinajstić information content (AvgIpc) is 2.70. The molecule has 1 fully saturated rings. The van der Waals surface area contributed by atoms with Gasteiger partial charge in [-0.15, -0.1) is 11.3 Å². The third-order valence-electron chi connectivity index (χ3n) is 3.97. The maximum atomic E-state index is 13.1. The van der Waals surface area contributed by atoms with Crippen LogP contribution in [0.15, 0.2) is 12.0 Å². The van der Waals surface area contributed by atoms with Crippen molar-refractivity contribution in [1.29, 1.82) is 0 Å². The highest BCUT2D eigenvalue weighted by Crippen LogP contribution is 2.50. The van der Waals surface area contributed by atoms with E-state index in [9.17, 15) is 8.78 Å². The fourth-order valence-electron chi connectivity index (χ4n) is 2.65. The molecule has 1 saturated carbocycles. The van der Waals surface area contributed by atoms with Gasteiger partial charge in [0.25, 0.3) is 0 Å². The zero-order valence-corrected chi connectivity index (χ0v) is 12.6. The fourth-order valence-corrected chi connectivity index (χ4v) is 3.80. The van der Waals surface area contributed by atoms with E-state index in [1.165, 1.54) is 17.7 Å². The summed E-state index contributed by atoms with van der Waals surface area (Å²) in [6.07, 6.45) is 1.11. The summed E-state index contributed by atoms with van der Waals surface area (Å²) in [6.45, 7) is 3.68. The van der Waals surface area contributed by atoms with Gasteiger partial charge in [-0.05, 0) is 19.4 Å². The minimum Gasteiger partial charge on any atom is -0.402 e. The lowest BCUT2D eigenvalue weighted by Crippen LogP contribution is -2.34. The summed E-state index contributed by atoms with van der Waals surface area (Å²) in [5.41, 5.74) is 15.6. The van der Waals surface area contributed by atoms with Crippen molar-refractivity contribution in [2.24, 2.45) is 5.73 Å². The van der Waals surface area contributed by atoms with E-state index in [-0.39, 0.29) is 18.8 Å². The van der Waals surface area contributed by atoms with Crippen molar-refractivity contribution >= 4 is 32.1 Å². The van der Waals surface area contributed by atoms with Crippen LogP contribution in [-0.2, 0) is 0 Å². The standard InChI is InChI=1S/C14H16F2N4S/c1-6(7(2)17)9-11-12(21-13(9)18)10(19-5-20-11)8-3-14(15,16)4-8/h5,8H,3-4,17-18H2,1-2H3/b7-6-. The van der Waals surface area contributed by atoms with Gasteiger partial charge in [0.2, 0.25) is 5.92 Å². The monoisotopic (exact) mass is 310 g/mol. The second kappa shape index (κ2) is 4.62. The van der Waals surface area contributed by atoms with Gasteiger partial charge in [-0.25, -0.2) is 18.7 Å². The molecule has 0 amide bonds. The Balaban J connectivity index is 2.14.